The molecule has 7 nitrogen and oxygen atoms in total. The molecule has 0 bridgehead atoms. The number of hydrogen-bond donors (Lipinski definition) is 3. The Morgan fingerprint density at radius 1 is 1.28 bits per heavy atom. The number of methoxy groups -OCH3 is 1. The second-order valence-corrected chi connectivity index (χ2v) is 5.63. The van der Waals surface area contributed by atoms with Gasteiger partial charge in [0, 0.05) is 18.8 Å². The first-order valence-electron chi connectivity index (χ1n) is 8.40. The highest BCUT2D eigenvalue weighted by Crippen LogP contribution is 2.17. The van der Waals surface area contributed by atoms with Crippen LogP contribution in [0, 0.1) is 0 Å². The van der Waals surface area contributed by atoms with Crippen LogP contribution in [0.25, 0.3) is 0 Å². The highest BCUT2D eigenvalue weighted by atomic mass is 16.5. The maximum absolute atomic E-state index is 12.3. The van der Waals surface area contributed by atoms with Crippen LogP contribution < -0.4 is 20.7 Å². The minimum atomic E-state index is -0.403. The summed E-state index contributed by atoms with van der Waals surface area (Å²) < 4.78 is 10.3. The molecule has 1 aliphatic heterocycles. The van der Waals surface area contributed by atoms with Crippen molar-refractivity contribution in [3.05, 3.63) is 41.1 Å². The van der Waals surface area contributed by atoms with Gasteiger partial charge in [-0.05, 0) is 31.0 Å². The molecule has 25 heavy (non-hydrogen) atoms. The standard InChI is InChI=1S/C18H25N3O4/c1-4-14-16(17(22)25-5-2)15(21-18(23)20-14)11-19-10-12-7-6-8-13(9-12)24-3/h6-9,14,19H,4-5,10-11H2,1-3H3,(H2,20,21,23). The normalized spacial score (nSPS) is 16.9. The third-order valence-corrected chi connectivity index (χ3v) is 3.91. The third-order valence-electron chi connectivity index (χ3n) is 3.91. The predicted molar refractivity (Wildman–Crippen MR) is 94.1 cm³/mol. The summed E-state index contributed by atoms with van der Waals surface area (Å²) in [4.78, 5) is 24.1. The van der Waals surface area contributed by atoms with Gasteiger partial charge in [-0.15, -0.1) is 0 Å². The summed E-state index contributed by atoms with van der Waals surface area (Å²) in [5.74, 6) is 0.381. The molecule has 0 fully saturated rings. The Morgan fingerprint density at radius 2 is 2.08 bits per heavy atom. The van der Waals surface area contributed by atoms with E-state index in [1.807, 2.05) is 31.2 Å². The molecule has 1 aromatic carbocycles. The Kier molecular flexibility index (Phi) is 6.82. The molecule has 7 heteroatoms. The highest BCUT2D eigenvalue weighted by Gasteiger charge is 2.31. The Bertz CT molecular complexity index is 657. The topological polar surface area (TPSA) is 88.7 Å². The number of rotatable bonds is 8. The van der Waals surface area contributed by atoms with E-state index in [1.165, 1.54) is 0 Å². The van der Waals surface area contributed by atoms with Crippen LogP contribution in [0.2, 0.25) is 0 Å². The molecule has 0 aromatic heterocycles. The molecule has 0 aliphatic carbocycles. The smallest absolute Gasteiger partial charge is 0.337 e. The molecule has 1 aromatic rings. The van der Waals surface area contributed by atoms with Crippen molar-refractivity contribution in [3.63, 3.8) is 0 Å². The molecule has 136 valence electrons. The van der Waals surface area contributed by atoms with Crippen LogP contribution in [0.5, 0.6) is 5.75 Å². The van der Waals surface area contributed by atoms with Gasteiger partial charge in [0.05, 0.1) is 25.3 Å². The Balaban J connectivity index is 2.11. The molecule has 1 aliphatic rings. The number of hydrogen-bond acceptors (Lipinski definition) is 5. The van der Waals surface area contributed by atoms with E-state index in [-0.39, 0.29) is 18.7 Å². The summed E-state index contributed by atoms with van der Waals surface area (Å²) in [6.07, 6.45) is 0.612. The van der Waals surface area contributed by atoms with Gasteiger partial charge in [-0.3, -0.25) is 0 Å². The summed E-state index contributed by atoms with van der Waals surface area (Å²) >= 11 is 0. The molecule has 0 radical (unpaired) electrons. The van der Waals surface area contributed by atoms with Crippen LogP contribution in [-0.4, -0.2) is 38.3 Å². The SMILES string of the molecule is CCOC(=O)C1=C(CNCc2cccc(OC)c2)NC(=O)NC1CC. The van der Waals surface area contributed by atoms with Gasteiger partial charge in [0.1, 0.15) is 5.75 Å². The van der Waals surface area contributed by atoms with E-state index in [0.29, 0.717) is 30.8 Å². The van der Waals surface area contributed by atoms with Gasteiger partial charge in [-0.25, -0.2) is 9.59 Å². The van der Waals surface area contributed by atoms with Crippen LogP contribution >= 0.6 is 0 Å². The second kappa shape index (κ2) is 9.08. The molecule has 2 amide bonds. The minimum absolute atomic E-state index is 0.289. The lowest BCUT2D eigenvalue weighted by atomic mass is 10.00. The Hall–Kier alpha value is -2.54. The number of carbonyl (C=O) groups is 2. The fraction of sp³-hybridized carbons (Fsp3) is 0.444. The molecule has 0 saturated heterocycles. The number of esters is 1. The first-order chi connectivity index (χ1) is 12.1. The van der Waals surface area contributed by atoms with Crippen LogP contribution in [-0.2, 0) is 16.1 Å². The first-order valence-corrected chi connectivity index (χ1v) is 8.40. The summed E-state index contributed by atoms with van der Waals surface area (Å²) in [7, 11) is 1.62. The van der Waals surface area contributed by atoms with Gasteiger partial charge in [0.15, 0.2) is 0 Å². The lowest BCUT2D eigenvalue weighted by Gasteiger charge is -2.28. The number of urea groups is 1. The highest BCUT2D eigenvalue weighted by molar-refractivity contribution is 5.94. The van der Waals surface area contributed by atoms with E-state index in [0.717, 1.165) is 11.3 Å². The number of nitrogens with one attached hydrogen (secondary N) is 3. The quantitative estimate of drug-likeness (QED) is 0.623. The van der Waals surface area contributed by atoms with E-state index < -0.39 is 5.97 Å². The summed E-state index contributed by atoms with van der Waals surface area (Å²) in [6.45, 7) is 4.90. The van der Waals surface area contributed by atoms with E-state index in [9.17, 15) is 9.59 Å². The zero-order valence-corrected chi connectivity index (χ0v) is 14.8. The van der Waals surface area contributed by atoms with Gasteiger partial charge in [0.25, 0.3) is 0 Å². The summed E-state index contributed by atoms with van der Waals surface area (Å²) in [5, 5.41) is 8.73. The molecule has 2 rings (SSSR count). The van der Waals surface area contributed by atoms with Gasteiger partial charge >= 0.3 is 12.0 Å². The number of ether oxygens (including phenoxy) is 2. The predicted octanol–water partition coefficient (Wildman–Crippen LogP) is 1.69. The molecular formula is C18H25N3O4. The van der Waals surface area contributed by atoms with Gasteiger partial charge in [-0.2, -0.15) is 0 Å². The molecule has 1 heterocycles. The molecule has 0 spiro atoms. The zero-order valence-electron chi connectivity index (χ0n) is 14.8. The fourth-order valence-corrected chi connectivity index (χ4v) is 2.72. The van der Waals surface area contributed by atoms with Crippen molar-refractivity contribution in [3.8, 4) is 5.75 Å². The van der Waals surface area contributed by atoms with E-state index >= 15 is 0 Å². The summed E-state index contributed by atoms with van der Waals surface area (Å²) in [6, 6.07) is 7.05. The number of benzene rings is 1. The molecule has 3 N–H and O–H groups in total. The van der Waals surface area contributed by atoms with Crippen molar-refractivity contribution >= 4 is 12.0 Å². The van der Waals surface area contributed by atoms with E-state index in [2.05, 4.69) is 16.0 Å². The van der Waals surface area contributed by atoms with E-state index in [4.69, 9.17) is 9.47 Å². The molecular weight excluding hydrogens is 322 g/mol. The summed E-state index contributed by atoms with van der Waals surface area (Å²) in [5.41, 5.74) is 2.07. The minimum Gasteiger partial charge on any atom is -0.497 e. The van der Waals surface area contributed by atoms with Crippen molar-refractivity contribution in [1.29, 1.82) is 0 Å². The van der Waals surface area contributed by atoms with Crippen molar-refractivity contribution in [2.75, 3.05) is 20.3 Å². The second-order valence-electron chi connectivity index (χ2n) is 5.63. The maximum atomic E-state index is 12.3. The first kappa shape index (κ1) is 18.8. The lowest BCUT2D eigenvalue weighted by Crippen LogP contribution is -2.51. The Labute approximate surface area is 147 Å². The average Bonchev–Trinajstić information content (AvgIpc) is 2.61. The van der Waals surface area contributed by atoms with Crippen molar-refractivity contribution < 1.29 is 19.1 Å². The van der Waals surface area contributed by atoms with Gasteiger partial charge in [0.2, 0.25) is 0 Å². The third kappa shape index (κ3) is 4.96. The Morgan fingerprint density at radius 3 is 2.76 bits per heavy atom. The molecule has 1 unspecified atom stereocenters. The monoisotopic (exact) mass is 347 g/mol. The van der Waals surface area contributed by atoms with Crippen molar-refractivity contribution in [1.82, 2.24) is 16.0 Å². The maximum Gasteiger partial charge on any atom is 0.337 e. The molecule has 0 saturated carbocycles. The van der Waals surface area contributed by atoms with Crippen LogP contribution in [0.3, 0.4) is 0 Å². The molecule has 1 atom stereocenters. The number of amides is 2. The van der Waals surface area contributed by atoms with E-state index in [1.54, 1.807) is 14.0 Å². The zero-order chi connectivity index (χ0) is 18.2. The van der Waals surface area contributed by atoms with Crippen molar-refractivity contribution in [2.45, 2.75) is 32.9 Å². The van der Waals surface area contributed by atoms with Crippen LogP contribution in [0.1, 0.15) is 25.8 Å². The lowest BCUT2D eigenvalue weighted by molar-refractivity contribution is -0.139. The largest absolute Gasteiger partial charge is 0.497 e. The fourth-order valence-electron chi connectivity index (χ4n) is 2.72. The van der Waals surface area contributed by atoms with Crippen LogP contribution in [0.4, 0.5) is 4.79 Å². The van der Waals surface area contributed by atoms with Crippen molar-refractivity contribution in [2.24, 2.45) is 0 Å². The van der Waals surface area contributed by atoms with Gasteiger partial charge in [-0.1, -0.05) is 19.1 Å². The average molecular weight is 347 g/mol. The van der Waals surface area contributed by atoms with Crippen LogP contribution in [0.15, 0.2) is 35.5 Å². The van der Waals surface area contributed by atoms with Gasteiger partial charge < -0.3 is 25.4 Å². The number of carbonyl (C=O) groups excluding carboxylic acids is 2.